The molecule has 1 aliphatic heterocycles. The van der Waals surface area contributed by atoms with Gasteiger partial charge in [0.1, 0.15) is 10.6 Å². The number of aryl methyl sites for hydroxylation is 2. The first-order valence-electron chi connectivity index (χ1n) is 10.5. The third-order valence-corrected chi connectivity index (χ3v) is 6.58. The molecule has 0 saturated carbocycles. The lowest BCUT2D eigenvalue weighted by molar-refractivity contribution is -0.122. The van der Waals surface area contributed by atoms with Gasteiger partial charge >= 0.3 is 12.0 Å². The van der Waals surface area contributed by atoms with Crippen molar-refractivity contribution in [1.29, 1.82) is 0 Å². The van der Waals surface area contributed by atoms with Crippen LogP contribution in [-0.2, 0) is 27.2 Å². The van der Waals surface area contributed by atoms with Gasteiger partial charge in [0.05, 0.1) is 17.9 Å². The summed E-state index contributed by atoms with van der Waals surface area (Å²) in [6.07, 6.45) is 4.95. The van der Waals surface area contributed by atoms with Gasteiger partial charge in [-0.3, -0.25) is 14.9 Å². The van der Waals surface area contributed by atoms with Gasteiger partial charge in [-0.2, -0.15) is 0 Å². The second-order valence-electron chi connectivity index (χ2n) is 7.58. The summed E-state index contributed by atoms with van der Waals surface area (Å²) < 4.78 is 5.24. The number of ether oxygens (including phenoxy) is 1. The number of hydrogen-bond acceptors (Lipinski definition) is 7. The molecule has 1 aromatic carbocycles. The average molecular weight is 454 g/mol. The van der Waals surface area contributed by atoms with Gasteiger partial charge < -0.3 is 10.1 Å². The molecule has 9 heteroatoms. The molecule has 4 rings (SSSR count). The lowest BCUT2D eigenvalue weighted by Crippen LogP contribution is -2.54. The van der Waals surface area contributed by atoms with Crippen LogP contribution in [0.15, 0.2) is 36.0 Å². The molecule has 1 aliphatic carbocycles. The lowest BCUT2D eigenvalue weighted by Gasteiger charge is -2.26. The third-order valence-electron chi connectivity index (χ3n) is 5.36. The maximum atomic E-state index is 13.0. The van der Waals surface area contributed by atoms with Crippen molar-refractivity contribution in [3.63, 3.8) is 0 Å². The molecule has 1 aromatic heterocycles. The summed E-state index contributed by atoms with van der Waals surface area (Å²) in [4.78, 5) is 52.5. The van der Waals surface area contributed by atoms with E-state index in [0.29, 0.717) is 16.3 Å². The van der Waals surface area contributed by atoms with Crippen LogP contribution < -0.4 is 15.5 Å². The Kier molecular flexibility index (Phi) is 6.09. The quantitative estimate of drug-likeness (QED) is 0.406. The van der Waals surface area contributed by atoms with E-state index in [9.17, 15) is 19.2 Å². The molecule has 0 spiro atoms. The van der Waals surface area contributed by atoms with E-state index in [-0.39, 0.29) is 12.2 Å². The van der Waals surface area contributed by atoms with Crippen LogP contribution in [0.5, 0.6) is 0 Å². The molecule has 2 aliphatic rings. The van der Waals surface area contributed by atoms with E-state index in [1.54, 1.807) is 25.1 Å². The molecule has 8 nitrogen and oxygen atoms in total. The number of urea groups is 1. The number of carbonyl (C=O) groups excluding carboxylic acids is 4. The van der Waals surface area contributed by atoms with Crippen LogP contribution >= 0.6 is 11.3 Å². The topological polar surface area (TPSA) is 105 Å². The SMILES string of the molecule is CCOC(=O)c1c(N/C=C2/C(=O)NC(=O)N(c3cccc(C)c3)C2=O)sc2c1CCCC2. The van der Waals surface area contributed by atoms with Crippen LogP contribution in [0.1, 0.15) is 46.1 Å². The predicted molar refractivity (Wildman–Crippen MR) is 121 cm³/mol. The number of rotatable bonds is 5. The van der Waals surface area contributed by atoms with Crippen LogP contribution in [-0.4, -0.2) is 30.4 Å². The number of nitrogens with zero attached hydrogens (tertiary/aromatic N) is 1. The van der Waals surface area contributed by atoms with Gasteiger partial charge in [0.25, 0.3) is 11.8 Å². The van der Waals surface area contributed by atoms with Gasteiger partial charge in [0, 0.05) is 11.1 Å². The molecular formula is C23H23N3O5S. The first-order chi connectivity index (χ1) is 15.4. The number of benzene rings is 1. The van der Waals surface area contributed by atoms with E-state index in [2.05, 4.69) is 10.6 Å². The van der Waals surface area contributed by atoms with Crippen LogP contribution in [0.4, 0.5) is 15.5 Å². The molecule has 2 aromatic rings. The highest BCUT2D eigenvalue weighted by atomic mass is 32.1. The minimum atomic E-state index is -0.804. The zero-order valence-electron chi connectivity index (χ0n) is 17.8. The first-order valence-corrected chi connectivity index (χ1v) is 11.3. The molecule has 0 radical (unpaired) electrons. The summed E-state index contributed by atoms with van der Waals surface area (Å²) in [5.41, 5.74) is 2.43. The molecule has 32 heavy (non-hydrogen) atoms. The Labute approximate surface area is 189 Å². The normalized spacial score (nSPS) is 17.2. The Bertz CT molecular complexity index is 1150. The fourth-order valence-corrected chi connectivity index (χ4v) is 5.13. The number of hydrogen-bond donors (Lipinski definition) is 2. The second kappa shape index (κ2) is 8.96. The van der Waals surface area contributed by atoms with Gasteiger partial charge in [-0.25, -0.2) is 14.5 Å². The highest BCUT2D eigenvalue weighted by Gasteiger charge is 2.37. The van der Waals surface area contributed by atoms with Crippen LogP contribution in [0, 0.1) is 6.92 Å². The number of anilines is 2. The van der Waals surface area contributed by atoms with Gasteiger partial charge in [-0.15, -0.1) is 11.3 Å². The maximum absolute atomic E-state index is 13.0. The first kappa shape index (κ1) is 21.8. The number of thiophene rings is 1. The predicted octanol–water partition coefficient (Wildman–Crippen LogP) is 3.69. The van der Waals surface area contributed by atoms with E-state index in [4.69, 9.17) is 4.74 Å². The standard InChI is InChI=1S/C23H23N3O5S/c1-3-31-22(29)18-15-9-4-5-10-17(15)32-20(18)24-12-16-19(27)25-23(30)26(21(16)28)14-8-6-7-13(2)11-14/h6-8,11-12,24H,3-5,9-10H2,1-2H3,(H,25,27,30)/b16-12-. The van der Waals surface area contributed by atoms with Gasteiger partial charge in [-0.05, 0) is 62.8 Å². The number of amides is 4. The third kappa shape index (κ3) is 4.03. The summed E-state index contributed by atoms with van der Waals surface area (Å²) in [6.45, 7) is 3.83. The monoisotopic (exact) mass is 453 g/mol. The molecule has 4 amide bonds. The summed E-state index contributed by atoms with van der Waals surface area (Å²) in [6, 6.07) is 6.07. The summed E-state index contributed by atoms with van der Waals surface area (Å²) in [5, 5.41) is 5.71. The van der Waals surface area contributed by atoms with E-state index in [1.165, 1.54) is 17.5 Å². The Morgan fingerprint density at radius 2 is 2.03 bits per heavy atom. The smallest absolute Gasteiger partial charge is 0.341 e. The van der Waals surface area contributed by atoms with Crippen molar-refractivity contribution in [2.24, 2.45) is 0 Å². The van der Waals surface area contributed by atoms with Crippen LogP contribution in [0.2, 0.25) is 0 Å². The minimum absolute atomic E-state index is 0.229. The number of nitrogens with one attached hydrogen (secondary N) is 2. The van der Waals surface area contributed by atoms with E-state index >= 15 is 0 Å². The molecule has 1 saturated heterocycles. The van der Waals surface area contributed by atoms with Gasteiger partial charge in [0.15, 0.2) is 0 Å². The zero-order valence-corrected chi connectivity index (χ0v) is 18.6. The summed E-state index contributed by atoms with van der Waals surface area (Å²) in [5.74, 6) is -1.96. The van der Waals surface area contributed by atoms with Crippen molar-refractivity contribution < 1.29 is 23.9 Å². The molecule has 2 heterocycles. The second-order valence-corrected chi connectivity index (χ2v) is 8.68. The van der Waals surface area contributed by atoms with Gasteiger partial charge in [-0.1, -0.05) is 12.1 Å². The zero-order chi connectivity index (χ0) is 22.8. The lowest BCUT2D eigenvalue weighted by atomic mass is 9.95. The van der Waals surface area contributed by atoms with Crippen molar-refractivity contribution in [2.75, 3.05) is 16.8 Å². The van der Waals surface area contributed by atoms with E-state index < -0.39 is 23.8 Å². The fourth-order valence-electron chi connectivity index (χ4n) is 3.88. The highest BCUT2D eigenvalue weighted by molar-refractivity contribution is 7.16. The number of imide groups is 2. The average Bonchev–Trinajstić information content (AvgIpc) is 3.12. The Balaban J connectivity index is 1.67. The van der Waals surface area contributed by atoms with E-state index in [1.807, 2.05) is 13.0 Å². The van der Waals surface area contributed by atoms with E-state index in [0.717, 1.165) is 46.6 Å². The molecule has 166 valence electrons. The Morgan fingerprint density at radius 1 is 1.25 bits per heavy atom. The van der Waals surface area contributed by atoms with Crippen molar-refractivity contribution in [1.82, 2.24) is 5.32 Å². The summed E-state index contributed by atoms with van der Waals surface area (Å²) >= 11 is 1.43. The van der Waals surface area contributed by atoms with Crippen molar-refractivity contribution in [3.05, 3.63) is 57.6 Å². The van der Waals surface area contributed by atoms with Crippen LogP contribution in [0.25, 0.3) is 0 Å². The molecule has 0 unspecified atom stereocenters. The Hall–Kier alpha value is -3.46. The minimum Gasteiger partial charge on any atom is -0.462 e. The van der Waals surface area contributed by atoms with Crippen molar-refractivity contribution >= 4 is 45.8 Å². The number of barbiturate groups is 1. The largest absolute Gasteiger partial charge is 0.462 e. The highest BCUT2D eigenvalue weighted by Crippen LogP contribution is 2.38. The molecule has 0 atom stereocenters. The number of fused-ring (bicyclic) bond motifs is 1. The maximum Gasteiger partial charge on any atom is 0.341 e. The Morgan fingerprint density at radius 3 is 2.78 bits per heavy atom. The molecule has 1 fully saturated rings. The van der Waals surface area contributed by atoms with Crippen LogP contribution in [0.3, 0.4) is 0 Å². The van der Waals surface area contributed by atoms with Crippen molar-refractivity contribution in [2.45, 2.75) is 39.5 Å². The number of esters is 1. The fraction of sp³-hybridized carbons (Fsp3) is 0.304. The molecule has 0 bridgehead atoms. The van der Waals surface area contributed by atoms with Gasteiger partial charge in [0.2, 0.25) is 0 Å². The molecule has 2 N–H and O–H groups in total. The summed E-state index contributed by atoms with van der Waals surface area (Å²) in [7, 11) is 0. The molecular weight excluding hydrogens is 430 g/mol. The van der Waals surface area contributed by atoms with Crippen molar-refractivity contribution in [3.8, 4) is 0 Å². The number of carbonyl (C=O) groups is 4.